The molecule has 1 aromatic rings. The molecular weight excluding hydrogens is 260 g/mol. The molecule has 1 N–H and O–H groups in total. The first-order valence-electron chi connectivity index (χ1n) is 7.18. The van der Waals surface area contributed by atoms with Gasteiger partial charge in [0.1, 0.15) is 5.01 Å². The van der Waals surface area contributed by atoms with Gasteiger partial charge in [-0.3, -0.25) is 5.32 Å². The van der Waals surface area contributed by atoms with Crippen LogP contribution in [0.3, 0.4) is 0 Å². The van der Waals surface area contributed by atoms with Gasteiger partial charge in [0.15, 0.2) is 0 Å². The largest absolute Gasteiger partial charge is 0.323 e. The second-order valence-corrected chi connectivity index (χ2v) is 6.48. The highest BCUT2D eigenvalue weighted by molar-refractivity contribution is 7.15. The lowest BCUT2D eigenvalue weighted by Gasteiger charge is -2.23. The van der Waals surface area contributed by atoms with Crippen LogP contribution < -0.4 is 5.32 Å². The predicted molar refractivity (Wildman–Crippen MR) is 75.4 cm³/mol. The lowest BCUT2D eigenvalue weighted by Crippen LogP contribution is -2.39. The summed E-state index contributed by atoms with van der Waals surface area (Å²) in [7, 11) is 0. The van der Waals surface area contributed by atoms with Gasteiger partial charge < -0.3 is 4.90 Å². The number of fused-ring (bicyclic) bond motifs is 1. The fourth-order valence-electron chi connectivity index (χ4n) is 3.27. The van der Waals surface area contributed by atoms with E-state index in [0.29, 0.717) is 11.2 Å². The number of likely N-dealkylation sites (tertiary alicyclic amines) is 1. The maximum absolute atomic E-state index is 12.3. The average molecular weight is 280 g/mol. The van der Waals surface area contributed by atoms with E-state index >= 15 is 0 Å². The number of amides is 2. The Balaban J connectivity index is 1.61. The van der Waals surface area contributed by atoms with Crippen LogP contribution in [-0.4, -0.2) is 33.7 Å². The number of aromatic nitrogens is 2. The van der Waals surface area contributed by atoms with E-state index in [1.807, 2.05) is 4.90 Å². The van der Waals surface area contributed by atoms with Crippen LogP contribution in [-0.2, 0) is 6.42 Å². The number of anilines is 1. The Morgan fingerprint density at radius 2 is 2.32 bits per heavy atom. The van der Waals surface area contributed by atoms with E-state index in [1.165, 1.54) is 24.2 Å². The average Bonchev–Trinajstić information content (AvgIpc) is 3.04. The Morgan fingerprint density at radius 1 is 1.42 bits per heavy atom. The minimum Gasteiger partial charge on any atom is -0.321 e. The Kier molecular flexibility index (Phi) is 3.68. The number of hydrogen-bond acceptors (Lipinski definition) is 4. The van der Waals surface area contributed by atoms with Gasteiger partial charge in [-0.1, -0.05) is 24.7 Å². The first-order valence-corrected chi connectivity index (χ1v) is 7.99. The molecule has 2 fully saturated rings. The molecule has 0 bridgehead atoms. The van der Waals surface area contributed by atoms with Crippen LogP contribution in [0.1, 0.15) is 44.0 Å². The zero-order valence-corrected chi connectivity index (χ0v) is 12.1. The van der Waals surface area contributed by atoms with Gasteiger partial charge in [-0.2, -0.15) is 0 Å². The van der Waals surface area contributed by atoms with Crippen molar-refractivity contribution in [3.63, 3.8) is 0 Å². The smallest absolute Gasteiger partial charge is 0.321 e. The predicted octanol–water partition coefficient (Wildman–Crippen LogP) is 2.90. The number of hydrogen-bond donors (Lipinski definition) is 1. The molecule has 3 rings (SSSR count). The molecule has 6 heteroatoms. The molecule has 0 unspecified atom stereocenters. The molecule has 1 aliphatic heterocycles. The van der Waals surface area contributed by atoms with Gasteiger partial charge in [0.05, 0.1) is 0 Å². The number of carbonyl (C=O) groups is 1. The summed E-state index contributed by atoms with van der Waals surface area (Å²) in [5, 5.41) is 12.7. The van der Waals surface area contributed by atoms with Gasteiger partial charge in [0.2, 0.25) is 5.13 Å². The van der Waals surface area contributed by atoms with Crippen LogP contribution in [0, 0.1) is 5.92 Å². The van der Waals surface area contributed by atoms with Crippen LogP contribution in [0.4, 0.5) is 9.93 Å². The van der Waals surface area contributed by atoms with Crippen molar-refractivity contribution in [3.8, 4) is 0 Å². The number of carbonyl (C=O) groups excluding carboxylic acids is 1. The van der Waals surface area contributed by atoms with Crippen LogP contribution >= 0.6 is 11.3 Å². The molecule has 0 aromatic carbocycles. The second kappa shape index (κ2) is 5.45. The summed E-state index contributed by atoms with van der Waals surface area (Å²) in [6.45, 7) is 3.01. The van der Waals surface area contributed by atoms with E-state index in [9.17, 15) is 4.79 Å². The van der Waals surface area contributed by atoms with Gasteiger partial charge in [-0.15, -0.1) is 10.2 Å². The summed E-state index contributed by atoms with van der Waals surface area (Å²) in [4.78, 5) is 14.3. The van der Waals surface area contributed by atoms with Crippen LogP contribution in [0.5, 0.6) is 0 Å². The van der Waals surface area contributed by atoms with Crippen molar-refractivity contribution in [2.24, 2.45) is 5.92 Å². The SMILES string of the molecule is CCCc1nnc(NC(=O)N2CC[C@@H]3CCC[C@@H]32)s1. The van der Waals surface area contributed by atoms with Crippen molar-refractivity contribution in [2.45, 2.75) is 51.5 Å². The fourth-order valence-corrected chi connectivity index (χ4v) is 4.10. The normalized spacial score (nSPS) is 25.6. The summed E-state index contributed by atoms with van der Waals surface area (Å²) in [5.74, 6) is 0.732. The Bertz CT molecular complexity index is 461. The van der Waals surface area contributed by atoms with Crippen molar-refractivity contribution in [1.29, 1.82) is 0 Å². The third-order valence-corrected chi connectivity index (χ3v) is 5.06. The number of aryl methyl sites for hydroxylation is 1. The zero-order chi connectivity index (χ0) is 13.2. The van der Waals surface area contributed by atoms with E-state index < -0.39 is 0 Å². The molecule has 2 amide bonds. The highest BCUT2D eigenvalue weighted by Crippen LogP contribution is 2.37. The van der Waals surface area contributed by atoms with Gasteiger partial charge in [0.25, 0.3) is 0 Å². The van der Waals surface area contributed by atoms with E-state index in [-0.39, 0.29) is 6.03 Å². The monoisotopic (exact) mass is 280 g/mol. The molecule has 0 radical (unpaired) electrons. The fraction of sp³-hybridized carbons (Fsp3) is 0.769. The third kappa shape index (κ3) is 2.59. The summed E-state index contributed by atoms with van der Waals surface area (Å²) < 4.78 is 0. The molecule has 5 nitrogen and oxygen atoms in total. The summed E-state index contributed by atoms with van der Waals surface area (Å²) in [5.41, 5.74) is 0. The van der Waals surface area contributed by atoms with E-state index in [4.69, 9.17) is 0 Å². The van der Waals surface area contributed by atoms with Crippen molar-refractivity contribution < 1.29 is 4.79 Å². The molecule has 0 spiro atoms. The standard InChI is InChI=1S/C13H20N4OS/c1-2-4-11-15-16-12(19-11)14-13(18)17-8-7-9-5-3-6-10(9)17/h9-10H,2-8H2,1H3,(H,14,16,18)/t9-,10-/m0/s1. The number of nitrogens with zero attached hydrogens (tertiary/aromatic N) is 3. The molecular formula is C13H20N4OS. The minimum absolute atomic E-state index is 0.00796. The summed E-state index contributed by atoms with van der Waals surface area (Å²) in [6, 6.07) is 0.469. The lowest BCUT2D eigenvalue weighted by molar-refractivity contribution is 0.203. The topological polar surface area (TPSA) is 58.1 Å². The zero-order valence-electron chi connectivity index (χ0n) is 11.3. The highest BCUT2D eigenvalue weighted by Gasteiger charge is 2.39. The van der Waals surface area contributed by atoms with Crippen molar-refractivity contribution in [3.05, 3.63) is 5.01 Å². The van der Waals surface area contributed by atoms with Crippen LogP contribution in [0.15, 0.2) is 0 Å². The Morgan fingerprint density at radius 3 is 3.16 bits per heavy atom. The molecule has 2 aliphatic rings. The highest BCUT2D eigenvalue weighted by atomic mass is 32.1. The molecule has 1 saturated heterocycles. The minimum atomic E-state index is 0.00796. The molecule has 1 saturated carbocycles. The number of urea groups is 1. The third-order valence-electron chi connectivity index (χ3n) is 4.17. The molecule has 104 valence electrons. The molecule has 2 heterocycles. The first-order chi connectivity index (χ1) is 9.28. The summed E-state index contributed by atoms with van der Waals surface area (Å²) >= 11 is 1.49. The Labute approximate surface area is 117 Å². The van der Waals surface area contributed by atoms with Crippen LogP contribution in [0.25, 0.3) is 0 Å². The van der Waals surface area contributed by atoms with Crippen molar-refractivity contribution in [1.82, 2.24) is 15.1 Å². The van der Waals surface area contributed by atoms with Gasteiger partial charge >= 0.3 is 6.03 Å². The summed E-state index contributed by atoms with van der Waals surface area (Å²) in [6.07, 6.45) is 6.86. The van der Waals surface area contributed by atoms with Crippen LogP contribution in [0.2, 0.25) is 0 Å². The Hall–Kier alpha value is -1.17. The van der Waals surface area contributed by atoms with Gasteiger partial charge in [-0.05, 0) is 31.6 Å². The first kappa shape index (κ1) is 12.8. The molecule has 19 heavy (non-hydrogen) atoms. The van der Waals surface area contributed by atoms with E-state index in [1.54, 1.807) is 0 Å². The van der Waals surface area contributed by atoms with E-state index in [0.717, 1.165) is 43.2 Å². The van der Waals surface area contributed by atoms with Crippen molar-refractivity contribution >= 4 is 22.5 Å². The maximum Gasteiger partial charge on any atom is 0.323 e. The second-order valence-electron chi connectivity index (χ2n) is 5.42. The molecule has 1 aliphatic carbocycles. The lowest BCUT2D eigenvalue weighted by atomic mass is 10.1. The maximum atomic E-state index is 12.3. The van der Waals surface area contributed by atoms with Crippen molar-refractivity contribution in [2.75, 3.05) is 11.9 Å². The number of nitrogens with one attached hydrogen (secondary N) is 1. The van der Waals surface area contributed by atoms with Gasteiger partial charge in [-0.25, -0.2) is 4.79 Å². The number of rotatable bonds is 3. The quantitative estimate of drug-likeness (QED) is 0.926. The molecule has 1 aromatic heterocycles. The molecule has 2 atom stereocenters. The van der Waals surface area contributed by atoms with E-state index in [2.05, 4.69) is 22.4 Å². The van der Waals surface area contributed by atoms with Gasteiger partial charge in [0, 0.05) is 19.0 Å².